The minimum atomic E-state index is 0.114. The number of nitrogens with one attached hydrogen (secondary N) is 1. The number of benzene rings is 1. The highest BCUT2D eigenvalue weighted by molar-refractivity contribution is 6.34. The maximum atomic E-state index is 12.7. The topological polar surface area (TPSA) is 32.3 Å². The second-order valence-electron chi connectivity index (χ2n) is 6.50. The van der Waals surface area contributed by atoms with E-state index in [1.807, 2.05) is 19.2 Å². The van der Waals surface area contributed by atoms with Crippen LogP contribution >= 0.6 is 23.2 Å². The van der Waals surface area contributed by atoms with Gasteiger partial charge in [-0.1, -0.05) is 23.2 Å². The normalized spacial score (nSPS) is 27.8. The van der Waals surface area contributed by atoms with Crippen molar-refractivity contribution in [2.45, 2.75) is 25.2 Å². The smallest absolute Gasteiger partial charge is 0.226 e. The van der Waals surface area contributed by atoms with Crippen LogP contribution in [0.3, 0.4) is 0 Å². The lowest BCUT2D eigenvalue weighted by Gasteiger charge is -2.33. The zero-order chi connectivity index (χ0) is 15.7. The van der Waals surface area contributed by atoms with Gasteiger partial charge in [0, 0.05) is 29.1 Å². The molecule has 0 spiro atoms. The standard InChI is InChI=1S/C17H22Cl2N2O/c1-20-9-11-3-2-4-21(10-11)17(22)16-8-15(16)12-5-13(18)7-14(19)6-12/h5-7,11,15-16,20H,2-4,8-10H2,1H3. The van der Waals surface area contributed by atoms with Gasteiger partial charge >= 0.3 is 0 Å². The molecule has 5 heteroatoms. The molecule has 1 aromatic rings. The lowest BCUT2D eigenvalue weighted by atomic mass is 9.97. The van der Waals surface area contributed by atoms with Gasteiger partial charge in [0.25, 0.3) is 0 Å². The first-order valence-electron chi connectivity index (χ1n) is 7.98. The van der Waals surface area contributed by atoms with E-state index in [0.717, 1.165) is 38.0 Å². The van der Waals surface area contributed by atoms with Crippen molar-refractivity contribution in [1.82, 2.24) is 10.2 Å². The van der Waals surface area contributed by atoms with Gasteiger partial charge in [-0.25, -0.2) is 0 Å². The van der Waals surface area contributed by atoms with Crippen LogP contribution in [-0.4, -0.2) is 37.5 Å². The van der Waals surface area contributed by atoms with Crippen molar-refractivity contribution in [3.63, 3.8) is 0 Å². The molecule has 3 atom stereocenters. The first-order chi connectivity index (χ1) is 10.6. The summed E-state index contributed by atoms with van der Waals surface area (Å²) in [6, 6.07) is 5.61. The average Bonchev–Trinajstić information content (AvgIpc) is 3.26. The van der Waals surface area contributed by atoms with Crippen molar-refractivity contribution in [1.29, 1.82) is 0 Å². The van der Waals surface area contributed by atoms with E-state index in [1.54, 1.807) is 6.07 Å². The van der Waals surface area contributed by atoms with Crippen LogP contribution in [-0.2, 0) is 4.79 Å². The number of likely N-dealkylation sites (tertiary alicyclic amines) is 1. The average molecular weight is 341 g/mol. The van der Waals surface area contributed by atoms with E-state index >= 15 is 0 Å². The molecule has 1 heterocycles. The summed E-state index contributed by atoms with van der Waals surface area (Å²) in [7, 11) is 1.97. The predicted molar refractivity (Wildman–Crippen MR) is 90.5 cm³/mol. The molecule has 1 aromatic carbocycles. The molecule has 0 aromatic heterocycles. The van der Waals surface area contributed by atoms with E-state index in [9.17, 15) is 4.79 Å². The summed E-state index contributed by atoms with van der Waals surface area (Å²) in [4.78, 5) is 14.8. The van der Waals surface area contributed by atoms with Crippen LogP contribution in [0.15, 0.2) is 18.2 Å². The third-order valence-corrected chi connectivity index (χ3v) is 5.18. The maximum absolute atomic E-state index is 12.7. The van der Waals surface area contributed by atoms with E-state index in [-0.39, 0.29) is 11.8 Å². The minimum absolute atomic E-state index is 0.114. The second-order valence-corrected chi connectivity index (χ2v) is 7.37. The van der Waals surface area contributed by atoms with Gasteiger partial charge in [0.1, 0.15) is 0 Å². The third-order valence-electron chi connectivity index (χ3n) is 4.74. The minimum Gasteiger partial charge on any atom is -0.342 e. The molecule has 120 valence electrons. The Morgan fingerprint density at radius 1 is 1.32 bits per heavy atom. The quantitative estimate of drug-likeness (QED) is 0.908. The molecule has 0 bridgehead atoms. The van der Waals surface area contributed by atoms with Gasteiger partial charge in [0.2, 0.25) is 5.91 Å². The van der Waals surface area contributed by atoms with E-state index < -0.39 is 0 Å². The van der Waals surface area contributed by atoms with Crippen molar-refractivity contribution < 1.29 is 4.79 Å². The van der Waals surface area contributed by atoms with Gasteiger partial charge in [-0.3, -0.25) is 4.79 Å². The molecule has 1 aliphatic heterocycles. The Morgan fingerprint density at radius 3 is 2.73 bits per heavy atom. The van der Waals surface area contributed by atoms with E-state index in [4.69, 9.17) is 23.2 Å². The van der Waals surface area contributed by atoms with Crippen LogP contribution in [0.1, 0.15) is 30.7 Å². The van der Waals surface area contributed by atoms with E-state index in [1.165, 1.54) is 6.42 Å². The molecule has 1 saturated heterocycles. The maximum Gasteiger partial charge on any atom is 0.226 e. The second kappa shape index (κ2) is 6.77. The van der Waals surface area contributed by atoms with Crippen LogP contribution < -0.4 is 5.32 Å². The Labute approximate surface area is 142 Å². The SMILES string of the molecule is CNCC1CCCN(C(=O)C2CC2c2cc(Cl)cc(Cl)c2)C1. The Morgan fingerprint density at radius 2 is 2.05 bits per heavy atom. The zero-order valence-electron chi connectivity index (χ0n) is 12.8. The fraction of sp³-hybridized carbons (Fsp3) is 0.588. The van der Waals surface area contributed by atoms with Crippen LogP contribution in [0, 0.1) is 11.8 Å². The Bertz CT molecular complexity index is 541. The summed E-state index contributed by atoms with van der Waals surface area (Å²) >= 11 is 12.1. The highest BCUT2D eigenvalue weighted by Gasteiger charge is 2.46. The molecule has 1 amide bonds. The number of halogens is 2. The van der Waals surface area contributed by atoms with Gasteiger partial charge in [0.15, 0.2) is 0 Å². The molecule has 2 aliphatic rings. The summed E-state index contributed by atoms with van der Waals surface area (Å²) in [6.07, 6.45) is 3.24. The number of carbonyl (C=O) groups excluding carboxylic acids is 1. The Kier molecular flexibility index (Phi) is 4.96. The van der Waals surface area contributed by atoms with Gasteiger partial charge in [-0.05, 0) is 68.5 Å². The number of amides is 1. The largest absolute Gasteiger partial charge is 0.342 e. The lowest BCUT2D eigenvalue weighted by Crippen LogP contribution is -2.43. The van der Waals surface area contributed by atoms with Gasteiger partial charge in [0.05, 0.1) is 0 Å². The highest BCUT2D eigenvalue weighted by Crippen LogP contribution is 2.49. The molecular formula is C17H22Cl2N2O. The first-order valence-corrected chi connectivity index (χ1v) is 8.73. The number of hydrogen-bond acceptors (Lipinski definition) is 2. The molecule has 0 radical (unpaired) electrons. The highest BCUT2D eigenvalue weighted by atomic mass is 35.5. The van der Waals surface area contributed by atoms with Crippen LogP contribution in [0.4, 0.5) is 0 Å². The van der Waals surface area contributed by atoms with Crippen molar-refractivity contribution in [3.8, 4) is 0 Å². The molecule has 2 fully saturated rings. The molecule has 1 saturated carbocycles. The van der Waals surface area contributed by atoms with E-state index in [2.05, 4.69) is 10.2 Å². The number of carbonyl (C=O) groups is 1. The molecule has 3 unspecified atom stereocenters. The Hall–Kier alpha value is -0.770. The molecule has 3 rings (SSSR count). The fourth-order valence-electron chi connectivity index (χ4n) is 3.58. The van der Waals surface area contributed by atoms with Crippen molar-refractivity contribution >= 4 is 29.1 Å². The lowest BCUT2D eigenvalue weighted by molar-refractivity contribution is -0.134. The number of hydrogen-bond donors (Lipinski definition) is 1. The van der Waals surface area contributed by atoms with Gasteiger partial charge in [-0.2, -0.15) is 0 Å². The number of piperidine rings is 1. The first kappa shape index (κ1) is 16.1. The summed E-state index contributed by atoms with van der Waals surface area (Å²) in [5.41, 5.74) is 1.10. The van der Waals surface area contributed by atoms with Crippen LogP contribution in [0.2, 0.25) is 10.0 Å². The van der Waals surface area contributed by atoms with Crippen LogP contribution in [0.5, 0.6) is 0 Å². The monoisotopic (exact) mass is 340 g/mol. The van der Waals surface area contributed by atoms with Crippen molar-refractivity contribution in [2.24, 2.45) is 11.8 Å². The summed E-state index contributed by atoms with van der Waals surface area (Å²) in [6.45, 7) is 2.78. The molecule has 1 aliphatic carbocycles. The summed E-state index contributed by atoms with van der Waals surface area (Å²) in [5, 5.41) is 4.51. The van der Waals surface area contributed by atoms with Gasteiger partial charge in [-0.15, -0.1) is 0 Å². The zero-order valence-corrected chi connectivity index (χ0v) is 14.3. The predicted octanol–water partition coefficient (Wildman–Crippen LogP) is 3.55. The number of nitrogens with zero attached hydrogens (tertiary/aromatic N) is 1. The van der Waals surface area contributed by atoms with Crippen molar-refractivity contribution in [3.05, 3.63) is 33.8 Å². The summed E-state index contributed by atoms with van der Waals surface area (Å²) in [5.74, 6) is 1.29. The van der Waals surface area contributed by atoms with Crippen molar-refractivity contribution in [2.75, 3.05) is 26.7 Å². The fourth-order valence-corrected chi connectivity index (χ4v) is 4.12. The third kappa shape index (κ3) is 3.58. The number of rotatable bonds is 4. The Balaban J connectivity index is 1.62. The van der Waals surface area contributed by atoms with Gasteiger partial charge < -0.3 is 10.2 Å². The molecular weight excluding hydrogens is 319 g/mol. The van der Waals surface area contributed by atoms with E-state index in [0.29, 0.717) is 21.9 Å². The molecule has 3 nitrogen and oxygen atoms in total. The molecule has 1 N–H and O–H groups in total. The molecule has 22 heavy (non-hydrogen) atoms. The summed E-state index contributed by atoms with van der Waals surface area (Å²) < 4.78 is 0. The van der Waals surface area contributed by atoms with Crippen LogP contribution in [0.25, 0.3) is 0 Å².